The van der Waals surface area contributed by atoms with Crippen LogP contribution in [0.1, 0.15) is 31.9 Å². The molecule has 1 N–H and O–H groups in total. The van der Waals surface area contributed by atoms with Crippen molar-refractivity contribution in [3.05, 3.63) is 39.4 Å². The van der Waals surface area contributed by atoms with Crippen LogP contribution in [0.4, 0.5) is 5.69 Å². The van der Waals surface area contributed by atoms with Crippen molar-refractivity contribution >= 4 is 46.6 Å². The van der Waals surface area contributed by atoms with E-state index in [-0.39, 0.29) is 29.9 Å². The maximum Gasteiger partial charge on any atom is 0.244 e. The number of anilines is 1. The molecular formula is C19H23ClN2O3S. The van der Waals surface area contributed by atoms with Crippen molar-refractivity contribution < 1.29 is 14.4 Å². The van der Waals surface area contributed by atoms with Crippen molar-refractivity contribution in [2.45, 2.75) is 34.6 Å². The predicted molar refractivity (Wildman–Crippen MR) is 106 cm³/mol. The van der Waals surface area contributed by atoms with Crippen LogP contribution >= 0.6 is 23.4 Å². The number of thioether (sulfide) groups is 1. The lowest BCUT2D eigenvalue weighted by atomic mass is 9.91. The van der Waals surface area contributed by atoms with Crippen LogP contribution in [0.3, 0.4) is 0 Å². The molecule has 0 aliphatic carbocycles. The van der Waals surface area contributed by atoms with E-state index >= 15 is 0 Å². The molecule has 0 saturated carbocycles. The van der Waals surface area contributed by atoms with Crippen molar-refractivity contribution in [1.82, 2.24) is 4.90 Å². The van der Waals surface area contributed by atoms with Crippen molar-refractivity contribution in [2.75, 3.05) is 17.6 Å². The van der Waals surface area contributed by atoms with Crippen molar-refractivity contribution in [3.8, 4) is 0 Å². The van der Waals surface area contributed by atoms with Gasteiger partial charge in [-0.15, -0.1) is 0 Å². The maximum atomic E-state index is 12.4. The molecular weight excluding hydrogens is 372 g/mol. The Hall–Kier alpha value is -1.79. The molecule has 1 aliphatic heterocycles. The molecule has 1 aromatic carbocycles. The van der Waals surface area contributed by atoms with Crippen LogP contribution in [-0.2, 0) is 14.4 Å². The molecule has 140 valence electrons. The Labute approximate surface area is 163 Å². The number of carbonyl (C=O) groups excluding carboxylic acids is 3. The highest BCUT2D eigenvalue weighted by molar-refractivity contribution is 8.04. The summed E-state index contributed by atoms with van der Waals surface area (Å²) >= 11 is 7.49. The summed E-state index contributed by atoms with van der Waals surface area (Å²) in [6, 6.07) is 3.69. The van der Waals surface area contributed by atoms with Gasteiger partial charge < -0.3 is 5.32 Å². The lowest BCUT2D eigenvalue weighted by Gasteiger charge is -2.19. The Morgan fingerprint density at radius 2 is 1.96 bits per heavy atom. The van der Waals surface area contributed by atoms with Crippen LogP contribution in [0.5, 0.6) is 0 Å². The summed E-state index contributed by atoms with van der Waals surface area (Å²) < 4.78 is 0. The van der Waals surface area contributed by atoms with Crippen LogP contribution in [0.2, 0.25) is 5.02 Å². The third-order valence-corrected chi connectivity index (χ3v) is 5.23. The predicted octanol–water partition coefficient (Wildman–Crippen LogP) is 3.93. The Morgan fingerprint density at radius 1 is 1.31 bits per heavy atom. The molecule has 0 radical (unpaired) electrons. The van der Waals surface area contributed by atoms with Gasteiger partial charge in [0, 0.05) is 11.5 Å². The SMILES string of the molecule is Cc1cc(C)c(NC(=O)CN2C(=O)CS/C2=C/C(=O)C(C)(C)C)c(Cl)c1. The first-order chi connectivity index (χ1) is 12.0. The second-order valence-electron chi connectivity index (χ2n) is 7.35. The van der Waals surface area contributed by atoms with E-state index in [1.807, 2.05) is 40.7 Å². The van der Waals surface area contributed by atoms with Gasteiger partial charge in [0.25, 0.3) is 0 Å². The van der Waals surface area contributed by atoms with Gasteiger partial charge >= 0.3 is 0 Å². The molecule has 5 nitrogen and oxygen atoms in total. The number of carbonyl (C=O) groups is 3. The zero-order chi connectivity index (χ0) is 19.6. The number of ketones is 1. The first-order valence-electron chi connectivity index (χ1n) is 8.25. The normalized spacial score (nSPS) is 16.3. The second kappa shape index (κ2) is 7.84. The van der Waals surface area contributed by atoms with Gasteiger partial charge in [-0.2, -0.15) is 0 Å². The van der Waals surface area contributed by atoms with Crippen LogP contribution in [0.15, 0.2) is 23.2 Å². The fourth-order valence-corrected chi connectivity index (χ4v) is 3.73. The number of rotatable bonds is 4. The zero-order valence-electron chi connectivity index (χ0n) is 15.6. The summed E-state index contributed by atoms with van der Waals surface area (Å²) in [6.07, 6.45) is 1.45. The molecule has 1 fully saturated rings. The average molecular weight is 395 g/mol. The Bertz CT molecular complexity index is 773. The number of hydrogen-bond donors (Lipinski definition) is 1. The second-order valence-corrected chi connectivity index (χ2v) is 8.76. The minimum Gasteiger partial charge on any atom is -0.323 e. The van der Waals surface area contributed by atoms with Gasteiger partial charge in [0.1, 0.15) is 6.54 Å². The van der Waals surface area contributed by atoms with Crippen molar-refractivity contribution in [2.24, 2.45) is 5.41 Å². The number of halogens is 1. The molecule has 0 spiro atoms. The van der Waals surface area contributed by atoms with Gasteiger partial charge in [0.2, 0.25) is 11.8 Å². The number of aryl methyl sites for hydroxylation is 2. The highest BCUT2D eigenvalue weighted by atomic mass is 35.5. The lowest BCUT2D eigenvalue weighted by molar-refractivity contribution is -0.129. The highest BCUT2D eigenvalue weighted by Crippen LogP contribution is 2.31. The quantitative estimate of drug-likeness (QED) is 0.786. The lowest BCUT2D eigenvalue weighted by Crippen LogP contribution is -2.34. The fraction of sp³-hybridized carbons (Fsp3) is 0.421. The molecule has 1 saturated heterocycles. The van der Waals surface area contributed by atoms with Crippen LogP contribution in [0, 0.1) is 19.3 Å². The third kappa shape index (κ3) is 4.89. The van der Waals surface area contributed by atoms with Crippen LogP contribution in [-0.4, -0.2) is 34.8 Å². The number of hydrogen-bond acceptors (Lipinski definition) is 4. The molecule has 0 aromatic heterocycles. The minimum absolute atomic E-state index is 0.0856. The molecule has 1 aliphatic rings. The summed E-state index contributed by atoms with van der Waals surface area (Å²) in [4.78, 5) is 38.1. The zero-order valence-corrected chi connectivity index (χ0v) is 17.2. The topological polar surface area (TPSA) is 66.5 Å². The maximum absolute atomic E-state index is 12.4. The molecule has 7 heteroatoms. The molecule has 26 heavy (non-hydrogen) atoms. The molecule has 1 heterocycles. The van der Waals surface area contributed by atoms with E-state index in [0.29, 0.717) is 15.7 Å². The largest absolute Gasteiger partial charge is 0.323 e. The van der Waals surface area contributed by atoms with E-state index in [2.05, 4.69) is 5.32 Å². The molecule has 2 rings (SSSR count). The summed E-state index contributed by atoms with van der Waals surface area (Å²) in [5.41, 5.74) is 1.85. The van der Waals surface area contributed by atoms with Gasteiger partial charge in [0.05, 0.1) is 21.5 Å². The minimum atomic E-state index is -0.542. The summed E-state index contributed by atoms with van der Waals surface area (Å²) in [6.45, 7) is 9.07. The third-order valence-electron chi connectivity index (χ3n) is 3.90. The fourth-order valence-electron chi connectivity index (χ4n) is 2.43. The van der Waals surface area contributed by atoms with E-state index in [1.54, 1.807) is 6.07 Å². The highest BCUT2D eigenvalue weighted by Gasteiger charge is 2.31. The molecule has 2 amide bonds. The Morgan fingerprint density at radius 3 is 2.54 bits per heavy atom. The van der Waals surface area contributed by atoms with E-state index in [9.17, 15) is 14.4 Å². The summed E-state index contributed by atoms with van der Waals surface area (Å²) in [7, 11) is 0. The first kappa shape index (κ1) is 20.5. The number of amides is 2. The smallest absolute Gasteiger partial charge is 0.244 e. The number of nitrogens with zero attached hydrogens (tertiary/aromatic N) is 1. The van der Waals surface area contributed by atoms with Gasteiger partial charge in [0.15, 0.2) is 5.78 Å². The standard InChI is InChI=1S/C19H23ClN2O3S/c1-11-6-12(2)18(13(20)7-11)21-15(24)9-22-16(25)10-26-17(22)8-14(23)19(3,4)5/h6-8H,9-10H2,1-5H3,(H,21,24)/b17-8+. The van der Waals surface area contributed by atoms with E-state index in [1.165, 1.54) is 22.7 Å². The Balaban J connectivity index is 2.15. The Kier molecular flexibility index (Phi) is 6.19. The van der Waals surface area contributed by atoms with Gasteiger partial charge in [-0.25, -0.2) is 0 Å². The van der Waals surface area contributed by atoms with Gasteiger partial charge in [-0.1, -0.05) is 50.2 Å². The number of nitrogens with one attached hydrogen (secondary N) is 1. The van der Waals surface area contributed by atoms with Gasteiger partial charge in [-0.3, -0.25) is 19.3 Å². The molecule has 1 aromatic rings. The summed E-state index contributed by atoms with van der Waals surface area (Å²) in [5, 5.41) is 3.74. The van der Waals surface area contributed by atoms with Crippen LogP contribution < -0.4 is 5.32 Å². The van der Waals surface area contributed by atoms with Crippen molar-refractivity contribution in [1.29, 1.82) is 0 Å². The molecule has 0 bridgehead atoms. The summed E-state index contributed by atoms with van der Waals surface area (Å²) in [5.74, 6) is -0.410. The average Bonchev–Trinajstić information content (AvgIpc) is 2.83. The number of allylic oxidation sites excluding steroid dienone is 1. The molecule has 0 atom stereocenters. The van der Waals surface area contributed by atoms with E-state index in [0.717, 1.165) is 11.1 Å². The van der Waals surface area contributed by atoms with E-state index in [4.69, 9.17) is 11.6 Å². The van der Waals surface area contributed by atoms with Crippen LogP contribution in [0.25, 0.3) is 0 Å². The van der Waals surface area contributed by atoms with Gasteiger partial charge in [-0.05, 0) is 31.0 Å². The molecule has 0 unspecified atom stereocenters. The van der Waals surface area contributed by atoms with E-state index < -0.39 is 5.41 Å². The number of benzene rings is 1. The first-order valence-corrected chi connectivity index (χ1v) is 9.61. The van der Waals surface area contributed by atoms with Crippen molar-refractivity contribution in [3.63, 3.8) is 0 Å². The monoisotopic (exact) mass is 394 g/mol.